The molecule has 3 aromatic heterocycles. The number of ether oxygens (including phenoxy) is 1. The van der Waals surface area contributed by atoms with Gasteiger partial charge in [-0.25, -0.2) is 9.97 Å². The number of nitrogens with one attached hydrogen (secondary N) is 1. The molecule has 0 radical (unpaired) electrons. The number of anilines is 1. The highest BCUT2D eigenvalue weighted by Gasteiger charge is 2.34. The molecule has 0 aliphatic heterocycles. The zero-order chi connectivity index (χ0) is 26.2. The van der Waals surface area contributed by atoms with Gasteiger partial charge in [-0.05, 0) is 60.3 Å². The Hall–Kier alpha value is -4.58. The molecule has 1 amide bonds. The summed E-state index contributed by atoms with van der Waals surface area (Å²) in [4.78, 5) is 34.5. The van der Waals surface area contributed by atoms with Crippen molar-refractivity contribution in [3.05, 3.63) is 99.5 Å². The molecule has 5 rings (SSSR count). The van der Waals surface area contributed by atoms with Crippen LogP contribution in [0, 0.1) is 6.92 Å². The van der Waals surface area contributed by atoms with E-state index in [-0.39, 0.29) is 11.3 Å². The van der Waals surface area contributed by atoms with Crippen LogP contribution >= 0.6 is 11.3 Å². The number of hydrogen-bond acceptors (Lipinski definition) is 7. The highest BCUT2D eigenvalue weighted by Crippen LogP contribution is 2.33. The smallest absolute Gasteiger partial charge is 0.418 e. The van der Waals surface area contributed by atoms with Gasteiger partial charge in [0.05, 0.1) is 16.6 Å². The van der Waals surface area contributed by atoms with E-state index in [1.165, 1.54) is 36.7 Å². The maximum atomic E-state index is 13.5. The Labute approximate surface area is 211 Å². The molecule has 8 nitrogen and oxygen atoms in total. The van der Waals surface area contributed by atoms with Crippen LogP contribution in [0.5, 0.6) is 11.6 Å². The molecule has 0 unspecified atom stereocenters. The predicted octanol–water partition coefficient (Wildman–Crippen LogP) is 5.61. The summed E-state index contributed by atoms with van der Waals surface area (Å²) >= 11 is 1.46. The number of carbonyl (C=O) groups is 1. The van der Waals surface area contributed by atoms with Crippen molar-refractivity contribution in [3.63, 3.8) is 0 Å². The number of nitrogens with zero attached hydrogens (tertiary/aromatic N) is 4. The van der Waals surface area contributed by atoms with Gasteiger partial charge in [0.2, 0.25) is 5.88 Å². The Morgan fingerprint density at radius 3 is 2.57 bits per heavy atom. The number of aryl methyl sites for hydroxylation is 1. The maximum absolute atomic E-state index is 13.5. The average molecular weight is 523 g/mol. The second-order valence-corrected chi connectivity index (χ2v) is 8.73. The number of halogens is 3. The van der Waals surface area contributed by atoms with Crippen LogP contribution in [0.15, 0.2) is 77.2 Å². The number of rotatable bonds is 5. The van der Waals surface area contributed by atoms with Gasteiger partial charge in [-0.2, -0.15) is 23.0 Å². The number of benzene rings is 2. The van der Waals surface area contributed by atoms with E-state index < -0.39 is 28.9 Å². The molecule has 0 atom stereocenters. The molecule has 0 bridgehead atoms. The molecule has 37 heavy (non-hydrogen) atoms. The number of carbonyl (C=O) groups excluding carboxylic acids is 1. The number of thiophene rings is 1. The van der Waals surface area contributed by atoms with Crippen molar-refractivity contribution in [1.29, 1.82) is 0 Å². The third kappa shape index (κ3) is 4.91. The molecule has 0 saturated heterocycles. The van der Waals surface area contributed by atoms with E-state index in [1.807, 2.05) is 11.4 Å². The lowest BCUT2D eigenvalue weighted by atomic mass is 10.1. The van der Waals surface area contributed by atoms with Crippen molar-refractivity contribution >= 4 is 33.1 Å². The van der Waals surface area contributed by atoms with Crippen LogP contribution in [0.3, 0.4) is 0 Å². The van der Waals surface area contributed by atoms with E-state index in [1.54, 1.807) is 24.3 Å². The summed E-state index contributed by atoms with van der Waals surface area (Å²) in [7, 11) is 0. The van der Waals surface area contributed by atoms with Crippen molar-refractivity contribution < 1.29 is 22.7 Å². The third-order valence-electron chi connectivity index (χ3n) is 5.33. The fourth-order valence-corrected chi connectivity index (χ4v) is 4.32. The first-order valence-electron chi connectivity index (χ1n) is 10.8. The Bertz CT molecular complexity index is 1680. The van der Waals surface area contributed by atoms with Gasteiger partial charge in [-0.3, -0.25) is 9.59 Å². The van der Waals surface area contributed by atoms with Gasteiger partial charge < -0.3 is 10.1 Å². The predicted molar refractivity (Wildman–Crippen MR) is 131 cm³/mol. The zero-order valence-electron chi connectivity index (χ0n) is 19.0. The Balaban J connectivity index is 1.39. The first-order valence-corrected chi connectivity index (χ1v) is 11.6. The van der Waals surface area contributed by atoms with Gasteiger partial charge in [-0.1, -0.05) is 12.1 Å². The molecule has 3 heterocycles. The van der Waals surface area contributed by atoms with Crippen molar-refractivity contribution in [2.45, 2.75) is 13.1 Å². The van der Waals surface area contributed by atoms with Gasteiger partial charge in [-0.15, -0.1) is 11.3 Å². The molecule has 5 aromatic rings. The van der Waals surface area contributed by atoms with E-state index in [4.69, 9.17) is 4.74 Å². The van der Waals surface area contributed by atoms with E-state index in [2.05, 4.69) is 20.4 Å². The second-order valence-electron chi connectivity index (χ2n) is 7.84. The maximum Gasteiger partial charge on any atom is 0.418 e. The minimum atomic E-state index is -4.71. The fourth-order valence-electron chi connectivity index (χ4n) is 3.59. The summed E-state index contributed by atoms with van der Waals surface area (Å²) < 4.78 is 46.9. The molecule has 12 heteroatoms. The summed E-state index contributed by atoms with van der Waals surface area (Å²) in [6.07, 6.45) is -3.31. The van der Waals surface area contributed by atoms with E-state index >= 15 is 0 Å². The topological polar surface area (TPSA) is 99.0 Å². The number of aromatic nitrogens is 4. The van der Waals surface area contributed by atoms with Gasteiger partial charge >= 0.3 is 6.18 Å². The highest BCUT2D eigenvalue weighted by molar-refractivity contribution is 7.16. The fraction of sp³-hybridized carbons (Fsp3) is 0.0800. The van der Waals surface area contributed by atoms with Crippen LogP contribution in [-0.2, 0) is 6.18 Å². The molecule has 0 saturated carbocycles. The summed E-state index contributed by atoms with van der Waals surface area (Å²) in [5, 5.41) is 9.26. The first kappa shape index (κ1) is 24.1. The standard InChI is InChI=1S/C25H16F3N5O3S/c1-14-12-20(34)33(19-5-3-2-4-18(19)25(26,27)28)32-21(14)22(35)31-15-6-8-16(9-7-15)36-23-17-10-11-37-24(17)30-13-29-23/h2-13H,1H3,(H,31,35). The van der Waals surface area contributed by atoms with Crippen LogP contribution in [0.25, 0.3) is 15.9 Å². The van der Waals surface area contributed by atoms with Gasteiger partial charge in [0.25, 0.3) is 11.5 Å². The normalized spacial score (nSPS) is 11.5. The van der Waals surface area contributed by atoms with Crippen LogP contribution in [-0.4, -0.2) is 25.7 Å². The number of amides is 1. The van der Waals surface area contributed by atoms with Crippen LogP contribution in [0.4, 0.5) is 18.9 Å². The second kappa shape index (κ2) is 9.47. The van der Waals surface area contributed by atoms with E-state index in [9.17, 15) is 22.8 Å². The molecular formula is C25H16F3N5O3S. The molecule has 186 valence electrons. The molecular weight excluding hydrogens is 507 g/mol. The molecule has 2 aromatic carbocycles. The first-order chi connectivity index (χ1) is 17.7. The van der Waals surface area contributed by atoms with Crippen LogP contribution in [0.1, 0.15) is 21.6 Å². The molecule has 0 aliphatic carbocycles. The number of alkyl halides is 3. The highest BCUT2D eigenvalue weighted by atomic mass is 32.1. The zero-order valence-corrected chi connectivity index (χ0v) is 19.8. The van der Waals surface area contributed by atoms with Crippen molar-refractivity contribution in [2.24, 2.45) is 0 Å². The average Bonchev–Trinajstić information content (AvgIpc) is 3.35. The van der Waals surface area contributed by atoms with E-state index in [0.717, 1.165) is 28.4 Å². The summed E-state index contributed by atoms with van der Waals surface area (Å²) in [6, 6.07) is 13.9. The summed E-state index contributed by atoms with van der Waals surface area (Å²) in [5.41, 5.74) is -1.91. The number of hydrogen-bond donors (Lipinski definition) is 1. The quantitative estimate of drug-likeness (QED) is 0.322. The summed E-state index contributed by atoms with van der Waals surface area (Å²) in [6.45, 7) is 1.48. The minimum absolute atomic E-state index is 0.197. The number of fused-ring (bicyclic) bond motifs is 1. The third-order valence-corrected chi connectivity index (χ3v) is 6.15. The largest absolute Gasteiger partial charge is 0.438 e. The molecule has 0 spiro atoms. The minimum Gasteiger partial charge on any atom is -0.438 e. The summed E-state index contributed by atoms with van der Waals surface area (Å²) in [5.74, 6) is 0.167. The van der Waals surface area contributed by atoms with Gasteiger partial charge in [0, 0.05) is 11.8 Å². The van der Waals surface area contributed by atoms with Crippen LogP contribution < -0.4 is 15.6 Å². The van der Waals surface area contributed by atoms with Gasteiger partial charge in [0.15, 0.2) is 5.69 Å². The van der Waals surface area contributed by atoms with Gasteiger partial charge in [0.1, 0.15) is 16.9 Å². The lowest BCUT2D eigenvalue weighted by molar-refractivity contribution is -0.137. The molecule has 0 aliphatic rings. The van der Waals surface area contributed by atoms with Crippen molar-refractivity contribution in [2.75, 3.05) is 5.32 Å². The van der Waals surface area contributed by atoms with E-state index in [0.29, 0.717) is 22.0 Å². The number of para-hydroxylation sites is 1. The Morgan fingerprint density at radius 2 is 1.81 bits per heavy atom. The molecule has 1 N–H and O–H groups in total. The van der Waals surface area contributed by atoms with Crippen LogP contribution in [0.2, 0.25) is 0 Å². The van der Waals surface area contributed by atoms with Crippen molar-refractivity contribution in [3.8, 4) is 17.3 Å². The molecule has 0 fully saturated rings. The van der Waals surface area contributed by atoms with Crippen molar-refractivity contribution in [1.82, 2.24) is 19.7 Å². The lowest BCUT2D eigenvalue weighted by Gasteiger charge is -2.15. The Kier molecular flexibility index (Phi) is 6.17. The SMILES string of the molecule is Cc1cc(=O)n(-c2ccccc2C(F)(F)F)nc1C(=O)Nc1ccc(Oc2ncnc3sccc23)cc1. The lowest BCUT2D eigenvalue weighted by Crippen LogP contribution is -2.28. The monoisotopic (exact) mass is 523 g/mol. The Morgan fingerprint density at radius 1 is 1.05 bits per heavy atom.